The first kappa shape index (κ1) is 20.2. The van der Waals surface area contributed by atoms with Gasteiger partial charge in [-0.1, -0.05) is 13.8 Å². The molecule has 1 fully saturated rings. The van der Waals surface area contributed by atoms with Crippen LogP contribution in [0.2, 0.25) is 0 Å². The quantitative estimate of drug-likeness (QED) is 0.728. The number of nitrogens with zero attached hydrogens (tertiary/aromatic N) is 2. The molecular formula is C22H30N2O4. The highest BCUT2D eigenvalue weighted by Crippen LogP contribution is 2.41. The molecule has 2 aliphatic heterocycles. The van der Waals surface area contributed by atoms with Gasteiger partial charge in [-0.15, -0.1) is 0 Å². The molecule has 1 saturated heterocycles. The molecular weight excluding hydrogens is 356 g/mol. The minimum atomic E-state index is -0.449. The van der Waals surface area contributed by atoms with Crippen LogP contribution in [0.1, 0.15) is 44.4 Å². The number of hydrogen-bond acceptors (Lipinski definition) is 5. The van der Waals surface area contributed by atoms with E-state index in [-0.39, 0.29) is 5.91 Å². The number of rotatable bonds is 5. The molecule has 1 aromatic carbocycles. The van der Waals surface area contributed by atoms with E-state index < -0.39 is 6.04 Å². The summed E-state index contributed by atoms with van der Waals surface area (Å²) >= 11 is 0. The van der Waals surface area contributed by atoms with Crippen LogP contribution in [-0.4, -0.2) is 55.8 Å². The number of carbonyl (C=O) groups excluding carboxylic acids is 2. The zero-order chi connectivity index (χ0) is 20.4. The monoisotopic (exact) mass is 386 g/mol. The number of ether oxygens (including phenoxy) is 2. The predicted molar refractivity (Wildman–Crippen MR) is 108 cm³/mol. The third-order valence-electron chi connectivity index (χ3n) is 5.70. The largest absolute Gasteiger partial charge is 0.493 e. The van der Waals surface area contributed by atoms with Crippen molar-refractivity contribution < 1.29 is 19.1 Å². The van der Waals surface area contributed by atoms with Crippen molar-refractivity contribution in [3.63, 3.8) is 0 Å². The summed E-state index contributed by atoms with van der Waals surface area (Å²) in [6, 6.07) is 3.19. The molecule has 2 aliphatic rings. The SMILES string of the molecule is CCN1C=C(C(=O)N2CC(C)CC(C)C2)c2cc(OC)c(OC)cc2C1C=O. The molecule has 0 radical (unpaired) electrons. The van der Waals surface area contributed by atoms with Crippen LogP contribution < -0.4 is 9.47 Å². The highest BCUT2D eigenvalue weighted by atomic mass is 16.5. The fourth-order valence-corrected chi connectivity index (χ4v) is 4.48. The van der Waals surface area contributed by atoms with Gasteiger partial charge in [0.1, 0.15) is 12.3 Å². The van der Waals surface area contributed by atoms with Crippen molar-refractivity contribution in [1.29, 1.82) is 0 Å². The van der Waals surface area contributed by atoms with Crippen LogP contribution >= 0.6 is 0 Å². The number of likely N-dealkylation sites (N-methyl/N-ethyl adjacent to an activating group) is 1. The Morgan fingerprint density at radius 2 is 1.75 bits per heavy atom. The van der Waals surface area contributed by atoms with Crippen molar-refractivity contribution in [2.45, 2.75) is 33.2 Å². The maximum Gasteiger partial charge on any atom is 0.255 e. The van der Waals surface area contributed by atoms with Crippen LogP contribution in [0.15, 0.2) is 18.3 Å². The zero-order valence-electron chi connectivity index (χ0n) is 17.4. The van der Waals surface area contributed by atoms with Crippen molar-refractivity contribution in [3.8, 4) is 11.5 Å². The average Bonchev–Trinajstić information content (AvgIpc) is 2.69. The van der Waals surface area contributed by atoms with Crippen LogP contribution in [0.25, 0.3) is 5.57 Å². The molecule has 6 heteroatoms. The van der Waals surface area contributed by atoms with E-state index in [9.17, 15) is 9.59 Å². The Morgan fingerprint density at radius 3 is 2.29 bits per heavy atom. The second-order valence-corrected chi connectivity index (χ2v) is 7.90. The number of hydrogen-bond donors (Lipinski definition) is 0. The number of amides is 1. The van der Waals surface area contributed by atoms with Crippen LogP contribution in [0.5, 0.6) is 11.5 Å². The molecule has 0 aromatic heterocycles. The van der Waals surface area contributed by atoms with E-state index in [1.807, 2.05) is 35.1 Å². The van der Waals surface area contributed by atoms with Gasteiger partial charge in [0, 0.05) is 25.8 Å². The number of methoxy groups -OCH3 is 2. The first-order chi connectivity index (χ1) is 13.4. The molecule has 152 valence electrons. The van der Waals surface area contributed by atoms with Crippen LogP contribution in [-0.2, 0) is 9.59 Å². The van der Waals surface area contributed by atoms with E-state index in [4.69, 9.17) is 9.47 Å². The van der Waals surface area contributed by atoms with Crippen LogP contribution in [0, 0.1) is 11.8 Å². The number of aldehydes is 1. The van der Waals surface area contributed by atoms with Crippen molar-refractivity contribution in [2.75, 3.05) is 33.9 Å². The van der Waals surface area contributed by atoms with Gasteiger partial charge in [0.2, 0.25) is 0 Å². The number of fused-ring (bicyclic) bond motifs is 1. The third-order valence-corrected chi connectivity index (χ3v) is 5.70. The van der Waals surface area contributed by atoms with Crippen molar-refractivity contribution >= 4 is 17.8 Å². The minimum Gasteiger partial charge on any atom is -0.493 e. The van der Waals surface area contributed by atoms with Gasteiger partial charge in [0.25, 0.3) is 5.91 Å². The summed E-state index contributed by atoms with van der Waals surface area (Å²) in [5.74, 6) is 2.07. The minimum absolute atomic E-state index is 0.00895. The van der Waals surface area contributed by atoms with Crippen molar-refractivity contribution in [1.82, 2.24) is 9.80 Å². The lowest BCUT2D eigenvalue weighted by molar-refractivity contribution is -0.127. The molecule has 3 unspecified atom stereocenters. The molecule has 3 rings (SSSR count). The first-order valence-corrected chi connectivity index (χ1v) is 9.91. The molecule has 6 nitrogen and oxygen atoms in total. The summed E-state index contributed by atoms with van der Waals surface area (Å²) in [5.41, 5.74) is 2.13. The summed E-state index contributed by atoms with van der Waals surface area (Å²) in [6.45, 7) is 8.49. The number of benzene rings is 1. The van der Waals surface area contributed by atoms with Gasteiger partial charge in [-0.3, -0.25) is 4.79 Å². The van der Waals surface area contributed by atoms with Gasteiger partial charge in [-0.05, 0) is 48.4 Å². The Bertz CT molecular complexity index is 779. The zero-order valence-corrected chi connectivity index (χ0v) is 17.4. The third kappa shape index (κ3) is 3.60. The van der Waals surface area contributed by atoms with Gasteiger partial charge >= 0.3 is 0 Å². The second-order valence-electron chi connectivity index (χ2n) is 7.90. The number of carbonyl (C=O) groups is 2. The van der Waals surface area contributed by atoms with E-state index in [0.29, 0.717) is 35.5 Å². The smallest absolute Gasteiger partial charge is 0.255 e. The van der Waals surface area contributed by atoms with E-state index in [0.717, 1.165) is 36.9 Å². The van der Waals surface area contributed by atoms with Crippen molar-refractivity contribution in [3.05, 3.63) is 29.5 Å². The molecule has 0 bridgehead atoms. The Morgan fingerprint density at radius 1 is 1.14 bits per heavy atom. The molecule has 1 aromatic rings. The molecule has 0 spiro atoms. The normalized spacial score (nSPS) is 24.3. The first-order valence-electron chi connectivity index (χ1n) is 9.91. The highest BCUT2D eigenvalue weighted by Gasteiger charge is 2.34. The Labute approximate surface area is 167 Å². The summed E-state index contributed by atoms with van der Waals surface area (Å²) < 4.78 is 10.9. The topological polar surface area (TPSA) is 59.1 Å². The number of likely N-dealkylation sites (tertiary alicyclic amines) is 1. The molecule has 0 aliphatic carbocycles. The van der Waals surface area contributed by atoms with Gasteiger partial charge in [0.05, 0.1) is 19.8 Å². The van der Waals surface area contributed by atoms with Crippen molar-refractivity contribution in [2.24, 2.45) is 11.8 Å². The summed E-state index contributed by atoms with van der Waals surface area (Å²) in [5, 5.41) is 0. The van der Waals surface area contributed by atoms with Gasteiger partial charge in [-0.25, -0.2) is 0 Å². The van der Waals surface area contributed by atoms with E-state index >= 15 is 0 Å². The maximum atomic E-state index is 13.5. The highest BCUT2D eigenvalue weighted by molar-refractivity contribution is 6.20. The Balaban J connectivity index is 2.09. The fraction of sp³-hybridized carbons (Fsp3) is 0.545. The molecule has 28 heavy (non-hydrogen) atoms. The van der Waals surface area contributed by atoms with Gasteiger partial charge < -0.3 is 24.1 Å². The van der Waals surface area contributed by atoms with Gasteiger partial charge in [-0.2, -0.15) is 0 Å². The summed E-state index contributed by atoms with van der Waals surface area (Å²) in [6.07, 6.45) is 3.88. The maximum absolute atomic E-state index is 13.5. The molecule has 1 amide bonds. The summed E-state index contributed by atoms with van der Waals surface area (Å²) in [4.78, 5) is 29.2. The standard InChI is InChI=1S/C22H30N2O4/c1-6-23-12-18(22(26)24-10-14(2)7-15(3)11-24)16-8-20(27-4)21(28-5)9-17(16)19(23)13-25/h8-9,12-15,19H,6-7,10-11H2,1-5H3. The van der Waals surface area contributed by atoms with Crippen LogP contribution in [0.3, 0.4) is 0 Å². The lowest BCUT2D eigenvalue weighted by atomic mass is 9.88. The fourth-order valence-electron chi connectivity index (χ4n) is 4.48. The molecule has 0 saturated carbocycles. The summed E-state index contributed by atoms with van der Waals surface area (Å²) in [7, 11) is 3.14. The molecule has 0 N–H and O–H groups in total. The Hall–Kier alpha value is -2.50. The van der Waals surface area contributed by atoms with E-state index in [1.165, 1.54) is 0 Å². The lowest BCUT2D eigenvalue weighted by Gasteiger charge is -2.38. The second kappa shape index (κ2) is 8.25. The molecule has 2 heterocycles. The van der Waals surface area contributed by atoms with E-state index in [1.54, 1.807) is 14.2 Å². The van der Waals surface area contributed by atoms with Crippen LogP contribution in [0.4, 0.5) is 0 Å². The number of piperidine rings is 1. The van der Waals surface area contributed by atoms with E-state index in [2.05, 4.69) is 13.8 Å². The van der Waals surface area contributed by atoms with Gasteiger partial charge in [0.15, 0.2) is 11.5 Å². The average molecular weight is 386 g/mol. The predicted octanol–water partition coefficient (Wildman–Crippen LogP) is 3.12. The molecule has 3 atom stereocenters. The Kier molecular flexibility index (Phi) is 5.96. The lowest BCUT2D eigenvalue weighted by Crippen LogP contribution is -2.44.